The highest BCUT2D eigenvalue weighted by Gasteiger charge is 2.10. The molecule has 0 fully saturated rings. The topological polar surface area (TPSA) is 67.6 Å². The van der Waals surface area contributed by atoms with E-state index in [-0.39, 0.29) is 0 Å². The number of hydrogen-bond acceptors (Lipinski definition) is 3. The van der Waals surface area contributed by atoms with Gasteiger partial charge >= 0.3 is 0 Å². The molecule has 0 radical (unpaired) electrons. The Labute approximate surface area is 121 Å². The number of nitrogen functional groups attached to an aromatic ring is 1. The molecule has 2 aromatic carbocycles. The Hall–Kier alpha value is -2.51. The smallest absolute Gasteiger partial charge is 0.205 e. The van der Waals surface area contributed by atoms with Crippen LogP contribution in [0.1, 0.15) is 5.56 Å². The molecule has 0 unspecified atom stereocenters. The van der Waals surface area contributed by atoms with Gasteiger partial charge in [0.25, 0.3) is 0 Å². The average molecular weight is 283 g/mol. The molecule has 0 aliphatic rings. The maximum Gasteiger partial charge on any atom is 0.205 e. The molecule has 0 aliphatic heterocycles. The molecule has 0 amide bonds. The molecule has 0 aliphatic carbocycles. The number of halogens is 1. The number of fused-ring (bicyclic) bond motifs is 1. The van der Waals surface area contributed by atoms with Gasteiger partial charge in [-0.05, 0) is 35.9 Å². The second-order valence-corrected chi connectivity index (χ2v) is 4.88. The van der Waals surface area contributed by atoms with Gasteiger partial charge in [-0.1, -0.05) is 23.7 Å². The summed E-state index contributed by atoms with van der Waals surface area (Å²) in [5.74, 6) is 0.412. The van der Waals surface area contributed by atoms with E-state index in [2.05, 4.69) is 11.1 Å². The second-order valence-electron chi connectivity index (χ2n) is 4.44. The van der Waals surface area contributed by atoms with Crippen molar-refractivity contribution in [1.82, 2.24) is 9.55 Å². The molecule has 1 heterocycles. The molecule has 20 heavy (non-hydrogen) atoms. The predicted octanol–water partition coefficient (Wildman–Crippen LogP) is 3.33. The van der Waals surface area contributed by atoms with Gasteiger partial charge in [-0.3, -0.25) is 4.57 Å². The van der Waals surface area contributed by atoms with Crippen molar-refractivity contribution in [2.75, 3.05) is 5.73 Å². The van der Waals surface area contributed by atoms with Gasteiger partial charge in [0.15, 0.2) is 0 Å². The summed E-state index contributed by atoms with van der Waals surface area (Å²) >= 11 is 6.04. The van der Waals surface area contributed by atoms with Crippen LogP contribution in [0.4, 0.5) is 5.95 Å². The van der Waals surface area contributed by atoms with Gasteiger partial charge in [0.1, 0.15) is 0 Å². The molecule has 2 N–H and O–H groups in total. The number of nitrogens with zero attached hydrogens (tertiary/aromatic N) is 3. The van der Waals surface area contributed by atoms with Crippen LogP contribution in [0, 0.1) is 11.3 Å². The number of rotatable bonds is 2. The Morgan fingerprint density at radius 2 is 1.95 bits per heavy atom. The van der Waals surface area contributed by atoms with Crippen LogP contribution in [-0.4, -0.2) is 9.55 Å². The first-order valence-electron chi connectivity index (χ1n) is 6.09. The summed E-state index contributed by atoms with van der Waals surface area (Å²) in [5.41, 5.74) is 9.52. The van der Waals surface area contributed by atoms with E-state index in [1.165, 1.54) is 0 Å². The van der Waals surface area contributed by atoms with Gasteiger partial charge in [-0.2, -0.15) is 5.26 Å². The van der Waals surface area contributed by atoms with Gasteiger partial charge in [0, 0.05) is 10.7 Å². The molecule has 4 nitrogen and oxygen atoms in total. The van der Waals surface area contributed by atoms with Gasteiger partial charge in [-0.25, -0.2) is 4.98 Å². The fourth-order valence-electron chi connectivity index (χ4n) is 2.19. The quantitative estimate of drug-likeness (QED) is 0.784. The van der Waals surface area contributed by atoms with E-state index in [1.807, 2.05) is 41.0 Å². The van der Waals surface area contributed by atoms with E-state index in [1.54, 1.807) is 6.07 Å². The predicted molar refractivity (Wildman–Crippen MR) is 79.8 cm³/mol. The SMILES string of the molecule is N#CCc1ccc(-n2c(N)nc3ccc(Cl)cc32)cc1. The Kier molecular flexibility index (Phi) is 3.05. The van der Waals surface area contributed by atoms with Crippen LogP contribution < -0.4 is 5.73 Å². The zero-order valence-electron chi connectivity index (χ0n) is 10.5. The summed E-state index contributed by atoms with van der Waals surface area (Å²) in [6.45, 7) is 0. The van der Waals surface area contributed by atoms with Crippen molar-refractivity contribution < 1.29 is 0 Å². The number of nitrogens with two attached hydrogens (primary N) is 1. The van der Waals surface area contributed by atoms with Crippen LogP contribution in [0.5, 0.6) is 0 Å². The average Bonchev–Trinajstić information content (AvgIpc) is 2.76. The molecule has 0 bridgehead atoms. The van der Waals surface area contributed by atoms with Crippen molar-refractivity contribution in [3.63, 3.8) is 0 Å². The van der Waals surface area contributed by atoms with E-state index in [4.69, 9.17) is 22.6 Å². The molecular formula is C15H11ClN4. The molecule has 0 saturated carbocycles. The maximum absolute atomic E-state index is 8.69. The van der Waals surface area contributed by atoms with Crippen LogP contribution in [0.2, 0.25) is 5.02 Å². The molecule has 5 heteroatoms. The first-order valence-corrected chi connectivity index (χ1v) is 6.46. The van der Waals surface area contributed by atoms with Crippen molar-refractivity contribution in [1.29, 1.82) is 5.26 Å². The summed E-state index contributed by atoms with van der Waals surface area (Å²) in [5, 5.41) is 9.33. The Morgan fingerprint density at radius 1 is 1.20 bits per heavy atom. The molecule has 98 valence electrons. The lowest BCUT2D eigenvalue weighted by Gasteiger charge is -2.07. The van der Waals surface area contributed by atoms with Crippen molar-refractivity contribution in [2.24, 2.45) is 0 Å². The third-order valence-electron chi connectivity index (χ3n) is 3.12. The second kappa shape index (κ2) is 4.87. The Balaban J connectivity index is 2.16. The fraction of sp³-hybridized carbons (Fsp3) is 0.0667. The van der Waals surface area contributed by atoms with Gasteiger partial charge in [-0.15, -0.1) is 0 Å². The fourth-order valence-corrected chi connectivity index (χ4v) is 2.36. The molecule has 0 spiro atoms. The largest absolute Gasteiger partial charge is 0.369 e. The third kappa shape index (κ3) is 2.09. The van der Waals surface area contributed by atoms with Crippen molar-refractivity contribution in [2.45, 2.75) is 6.42 Å². The van der Waals surface area contributed by atoms with Gasteiger partial charge < -0.3 is 5.73 Å². The molecule has 0 saturated heterocycles. The molecule has 3 rings (SSSR count). The monoisotopic (exact) mass is 282 g/mol. The number of aromatic nitrogens is 2. The summed E-state index contributed by atoms with van der Waals surface area (Å²) in [7, 11) is 0. The van der Waals surface area contributed by atoms with Crippen LogP contribution >= 0.6 is 11.6 Å². The van der Waals surface area contributed by atoms with Crippen LogP contribution in [0.25, 0.3) is 16.7 Å². The van der Waals surface area contributed by atoms with E-state index in [9.17, 15) is 0 Å². The van der Waals surface area contributed by atoms with E-state index < -0.39 is 0 Å². The van der Waals surface area contributed by atoms with E-state index in [0.717, 1.165) is 22.3 Å². The third-order valence-corrected chi connectivity index (χ3v) is 3.36. The van der Waals surface area contributed by atoms with E-state index in [0.29, 0.717) is 17.4 Å². The number of imidazole rings is 1. The lowest BCUT2D eigenvalue weighted by atomic mass is 10.1. The molecule has 1 aromatic heterocycles. The summed E-state index contributed by atoms with van der Waals surface area (Å²) in [4.78, 5) is 4.32. The first-order chi connectivity index (χ1) is 9.69. The number of hydrogen-bond donors (Lipinski definition) is 1. The Morgan fingerprint density at radius 3 is 2.65 bits per heavy atom. The lowest BCUT2D eigenvalue weighted by Crippen LogP contribution is -2.00. The van der Waals surface area contributed by atoms with Gasteiger partial charge in [0.2, 0.25) is 5.95 Å². The first kappa shape index (κ1) is 12.5. The number of benzene rings is 2. The van der Waals surface area contributed by atoms with Crippen LogP contribution in [0.15, 0.2) is 42.5 Å². The van der Waals surface area contributed by atoms with E-state index >= 15 is 0 Å². The highest BCUT2D eigenvalue weighted by molar-refractivity contribution is 6.31. The molecule has 0 atom stereocenters. The maximum atomic E-state index is 8.69. The lowest BCUT2D eigenvalue weighted by molar-refractivity contribution is 1.10. The van der Waals surface area contributed by atoms with Crippen molar-refractivity contribution in [3.8, 4) is 11.8 Å². The van der Waals surface area contributed by atoms with Crippen molar-refractivity contribution >= 4 is 28.6 Å². The zero-order chi connectivity index (χ0) is 14.1. The van der Waals surface area contributed by atoms with Crippen molar-refractivity contribution in [3.05, 3.63) is 53.1 Å². The summed E-state index contributed by atoms with van der Waals surface area (Å²) in [6.07, 6.45) is 0.395. The normalized spacial score (nSPS) is 10.6. The minimum absolute atomic E-state index is 0.395. The standard InChI is InChI=1S/C15H11ClN4/c16-11-3-6-13-14(9-11)20(15(18)19-13)12-4-1-10(2-5-12)7-8-17/h1-6,9H,7H2,(H2,18,19). The minimum atomic E-state index is 0.395. The Bertz CT molecular complexity index is 812. The van der Waals surface area contributed by atoms with Crippen LogP contribution in [-0.2, 0) is 6.42 Å². The highest BCUT2D eigenvalue weighted by atomic mass is 35.5. The number of nitriles is 1. The summed E-state index contributed by atoms with van der Waals surface area (Å²) < 4.78 is 1.84. The van der Waals surface area contributed by atoms with Gasteiger partial charge in [0.05, 0.1) is 23.5 Å². The molecule has 3 aromatic rings. The molecular weight excluding hydrogens is 272 g/mol. The zero-order valence-corrected chi connectivity index (χ0v) is 11.3. The highest BCUT2D eigenvalue weighted by Crippen LogP contribution is 2.25. The number of anilines is 1. The summed E-state index contributed by atoms with van der Waals surface area (Å²) in [6, 6.07) is 15.3. The minimum Gasteiger partial charge on any atom is -0.369 e. The van der Waals surface area contributed by atoms with Crippen LogP contribution in [0.3, 0.4) is 0 Å².